The quantitative estimate of drug-likeness (QED) is 0.402. The topological polar surface area (TPSA) is 56.7 Å². The van der Waals surface area contributed by atoms with E-state index in [-0.39, 0.29) is 11.0 Å². The van der Waals surface area contributed by atoms with Crippen molar-refractivity contribution in [3.05, 3.63) is 92.4 Å². The Balaban J connectivity index is 1.70. The number of rotatable bonds is 3. The second-order valence-corrected chi connectivity index (χ2v) is 9.14. The standard InChI is InChI=1S/C23H17BrCl2N4OS/c1-30-19-10-7-14(25)11-16(19)20(13-5-3-2-4-6-13)28-21(22(30)31)29-23(32)27-15-8-9-17(24)18(26)12-15/h2-12,21H,1H3,(H2,27,29,32). The molecule has 0 radical (unpaired) electrons. The molecule has 1 atom stereocenters. The van der Waals surface area contributed by atoms with Crippen molar-refractivity contribution < 1.29 is 4.79 Å². The zero-order valence-corrected chi connectivity index (χ0v) is 20.7. The predicted octanol–water partition coefficient (Wildman–Crippen LogP) is 5.88. The van der Waals surface area contributed by atoms with Crippen molar-refractivity contribution in [2.24, 2.45) is 4.99 Å². The van der Waals surface area contributed by atoms with Crippen molar-refractivity contribution in [1.82, 2.24) is 5.32 Å². The van der Waals surface area contributed by atoms with Gasteiger partial charge in [-0.15, -0.1) is 0 Å². The number of carbonyl (C=O) groups excluding carboxylic acids is 1. The van der Waals surface area contributed by atoms with E-state index < -0.39 is 6.17 Å². The molecule has 1 unspecified atom stereocenters. The van der Waals surface area contributed by atoms with E-state index in [1.165, 1.54) is 0 Å². The highest BCUT2D eigenvalue weighted by molar-refractivity contribution is 9.10. The first-order valence-electron chi connectivity index (χ1n) is 9.57. The van der Waals surface area contributed by atoms with Gasteiger partial charge in [-0.2, -0.15) is 0 Å². The van der Waals surface area contributed by atoms with Crippen LogP contribution in [0.5, 0.6) is 0 Å². The minimum atomic E-state index is -0.938. The maximum absolute atomic E-state index is 13.3. The molecule has 0 aliphatic carbocycles. The number of benzene rings is 3. The molecule has 2 N–H and O–H groups in total. The molecule has 3 aromatic rings. The second kappa shape index (κ2) is 9.58. The number of amides is 1. The molecular weight excluding hydrogens is 531 g/mol. The van der Waals surface area contributed by atoms with Crippen LogP contribution < -0.4 is 15.5 Å². The summed E-state index contributed by atoms with van der Waals surface area (Å²) in [6, 6.07) is 20.4. The summed E-state index contributed by atoms with van der Waals surface area (Å²) in [6.45, 7) is 0. The largest absolute Gasteiger partial charge is 0.333 e. The van der Waals surface area contributed by atoms with Crippen molar-refractivity contribution in [3.8, 4) is 0 Å². The van der Waals surface area contributed by atoms with Crippen LogP contribution in [-0.2, 0) is 4.79 Å². The molecule has 162 valence electrons. The maximum atomic E-state index is 13.3. The zero-order chi connectivity index (χ0) is 22.8. The number of carbonyl (C=O) groups is 1. The Kier molecular flexibility index (Phi) is 6.81. The van der Waals surface area contributed by atoms with Gasteiger partial charge in [-0.3, -0.25) is 4.79 Å². The smallest absolute Gasteiger partial charge is 0.272 e. The van der Waals surface area contributed by atoms with Gasteiger partial charge in [0.25, 0.3) is 5.91 Å². The molecule has 0 spiro atoms. The van der Waals surface area contributed by atoms with E-state index in [2.05, 4.69) is 26.6 Å². The van der Waals surface area contributed by atoms with Gasteiger partial charge in [0, 0.05) is 33.4 Å². The molecule has 3 aromatic carbocycles. The van der Waals surface area contributed by atoms with Crippen molar-refractivity contribution in [2.75, 3.05) is 17.3 Å². The summed E-state index contributed by atoms with van der Waals surface area (Å²) in [7, 11) is 1.71. The normalized spacial score (nSPS) is 15.5. The Morgan fingerprint density at radius 1 is 1.09 bits per heavy atom. The molecule has 1 aliphatic heterocycles. The fraction of sp³-hybridized carbons (Fsp3) is 0.0870. The zero-order valence-electron chi connectivity index (χ0n) is 16.8. The Bertz CT molecular complexity index is 1240. The fourth-order valence-corrected chi connectivity index (χ4v) is 4.16. The Morgan fingerprint density at radius 3 is 2.56 bits per heavy atom. The van der Waals surface area contributed by atoms with Gasteiger partial charge in [-0.05, 0) is 64.5 Å². The lowest BCUT2D eigenvalue weighted by Crippen LogP contribution is -2.47. The van der Waals surface area contributed by atoms with Gasteiger partial charge in [0.15, 0.2) is 5.11 Å². The van der Waals surface area contributed by atoms with Crippen LogP contribution in [0.4, 0.5) is 11.4 Å². The number of benzodiazepines with no additional fused rings is 1. The van der Waals surface area contributed by atoms with Gasteiger partial charge >= 0.3 is 0 Å². The van der Waals surface area contributed by atoms with Crippen LogP contribution in [0.25, 0.3) is 0 Å². The molecule has 0 bridgehead atoms. The average Bonchev–Trinajstić information content (AvgIpc) is 2.87. The van der Waals surface area contributed by atoms with E-state index >= 15 is 0 Å². The summed E-state index contributed by atoms with van der Waals surface area (Å²) >= 11 is 21.3. The summed E-state index contributed by atoms with van der Waals surface area (Å²) in [5.74, 6) is -0.252. The molecule has 4 rings (SSSR count). The minimum Gasteiger partial charge on any atom is -0.333 e. The van der Waals surface area contributed by atoms with E-state index in [4.69, 9.17) is 40.4 Å². The Hall–Kier alpha value is -2.45. The van der Waals surface area contributed by atoms with Crippen molar-refractivity contribution in [1.29, 1.82) is 0 Å². The molecule has 0 fully saturated rings. The maximum Gasteiger partial charge on any atom is 0.272 e. The number of hydrogen-bond acceptors (Lipinski definition) is 3. The first-order valence-corrected chi connectivity index (χ1v) is 11.5. The molecule has 9 heteroatoms. The lowest BCUT2D eigenvalue weighted by atomic mass is 10.0. The first-order chi connectivity index (χ1) is 15.3. The molecule has 5 nitrogen and oxygen atoms in total. The number of fused-ring (bicyclic) bond motifs is 1. The number of anilines is 2. The lowest BCUT2D eigenvalue weighted by molar-refractivity contribution is -0.119. The van der Waals surface area contributed by atoms with Crippen molar-refractivity contribution in [3.63, 3.8) is 0 Å². The molecular formula is C23H17BrCl2N4OS. The SMILES string of the molecule is CN1C(=O)C(NC(=S)Nc2ccc(Br)c(Cl)c2)N=C(c2ccccc2)c2cc(Cl)ccc21. The van der Waals surface area contributed by atoms with Crippen LogP contribution in [0.15, 0.2) is 76.2 Å². The number of hydrogen-bond donors (Lipinski definition) is 2. The average molecular weight is 548 g/mol. The number of thiocarbonyl (C=S) groups is 1. The molecule has 0 saturated heterocycles. The molecule has 1 aliphatic rings. The molecule has 1 heterocycles. The number of aliphatic imine (C=N–C) groups is 1. The first kappa shape index (κ1) is 22.7. The van der Waals surface area contributed by atoms with E-state index in [0.29, 0.717) is 27.1 Å². The van der Waals surface area contributed by atoms with E-state index in [1.807, 2.05) is 54.6 Å². The summed E-state index contributed by atoms with van der Waals surface area (Å²) in [6.07, 6.45) is -0.938. The molecule has 32 heavy (non-hydrogen) atoms. The molecule has 0 saturated carbocycles. The highest BCUT2D eigenvalue weighted by Gasteiger charge is 2.30. The number of nitrogens with zero attached hydrogens (tertiary/aromatic N) is 2. The van der Waals surface area contributed by atoms with Crippen LogP contribution in [0.2, 0.25) is 10.0 Å². The van der Waals surface area contributed by atoms with Gasteiger partial charge in [-0.25, -0.2) is 4.99 Å². The van der Waals surface area contributed by atoms with Gasteiger partial charge in [0.2, 0.25) is 6.17 Å². The van der Waals surface area contributed by atoms with E-state index in [1.54, 1.807) is 24.1 Å². The monoisotopic (exact) mass is 546 g/mol. The third-order valence-corrected chi connectivity index (χ3v) is 6.58. The summed E-state index contributed by atoms with van der Waals surface area (Å²) < 4.78 is 0.776. The molecule has 0 aromatic heterocycles. The van der Waals surface area contributed by atoms with Crippen LogP contribution in [-0.4, -0.2) is 29.9 Å². The number of nitrogens with one attached hydrogen (secondary N) is 2. The lowest BCUT2D eigenvalue weighted by Gasteiger charge is -2.22. The summed E-state index contributed by atoms with van der Waals surface area (Å²) in [5.41, 5.74) is 3.68. The molecule has 1 amide bonds. The van der Waals surface area contributed by atoms with Crippen molar-refractivity contribution in [2.45, 2.75) is 6.17 Å². The van der Waals surface area contributed by atoms with E-state index in [9.17, 15) is 4.79 Å². The Morgan fingerprint density at radius 2 is 1.84 bits per heavy atom. The van der Waals surface area contributed by atoms with Gasteiger partial charge in [0.05, 0.1) is 16.4 Å². The summed E-state index contributed by atoms with van der Waals surface area (Å²) in [5, 5.41) is 7.42. The summed E-state index contributed by atoms with van der Waals surface area (Å²) in [4.78, 5) is 19.6. The van der Waals surface area contributed by atoms with Crippen LogP contribution >= 0.6 is 51.3 Å². The number of likely N-dealkylation sites (N-methyl/N-ethyl adjacent to an activating group) is 1. The third kappa shape index (κ3) is 4.81. The third-order valence-electron chi connectivity index (χ3n) is 4.89. The van der Waals surface area contributed by atoms with Crippen LogP contribution in [0, 0.1) is 0 Å². The van der Waals surface area contributed by atoms with Gasteiger partial charge < -0.3 is 15.5 Å². The highest BCUT2D eigenvalue weighted by atomic mass is 79.9. The van der Waals surface area contributed by atoms with Crippen LogP contribution in [0.3, 0.4) is 0 Å². The van der Waals surface area contributed by atoms with Crippen LogP contribution in [0.1, 0.15) is 11.1 Å². The minimum absolute atomic E-state index is 0.246. The Labute approximate surface area is 209 Å². The fourth-order valence-electron chi connectivity index (χ4n) is 3.33. The van der Waals surface area contributed by atoms with Gasteiger partial charge in [-0.1, -0.05) is 53.5 Å². The second-order valence-electron chi connectivity index (χ2n) is 7.03. The highest BCUT2D eigenvalue weighted by Crippen LogP contribution is 2.30. The predicted molar refractivity (Wildman–Crippen MR) is 139 cm³/mol. The van der Waals surface area contributed by atoms with Crippen molar-refractivity contribution >= 4 is 79.5 Å². The number of halogens is 3. The van der Waals surface area contributed by atoms with Gasteiger partial charge in [0.1, 0.15) is 0 Å². The van der Waals surface area contributed by atoms with E-state index in [0.717, 1.165) is 15.6 Å².